The fraction of sp³-hybridized carbons (Fsp3) is 0.900. The van der Waals surface area contributed by atoms with E-state index in [9.17, 15) is 13.2 Å². The molecule has 0 aromatic heterocycles. The molecule has 0 aliphatic carbocycles. The molecule has 2 unspecified atom stereocenters. The zero-order chi connectivity index (χ0) is 12.2. The van der Waals surface area contributed by atoms with Crippen molar-refractivity contribution in [2.24, 2.45) is 0 Å². The normalized spacial score (nSPS) is 26.6. The highest BCUT2D eigenvalue weighted by atomic mass is 32.2. The molecule has 0 bridgehead atoms. The molecule has 0 amide bonds. The van der Waals surface area contributed by atoms with Crippen molar-refractivity contribution in [1.82, 2.24) is 5.32 Å². The highest BCUT2D eigenvalue weighted by molar-refractivity contribution is 7.91. The number of piperidine rings is 1. The molecule has 2 N–H and O–H groups in total. The zero-order valence-electron chi connectivity index (χ0n) is 9.48. The predicted molar refractivity (Wildman–Crippen MR) is 61.1 cm³/mol. The molecule has 0 aromatic rings. The SMILES string of the molecule is CCS(=O)(=O)CCC1CCCC(C(=O)O)N1. The van der Waals surface area contributed by atoms with Crippen molar-refractivity contribution >= 4 is 15.8 Å². The number of carboxylic acids is 1. The van der Waals surface area contributed by atoms with E-state index in [0.717, 1.165) is 12.8 Å². The third-order valence-electron chi connectivity index (χ3n) is 3.00. The Morgan fingerprint density at radius 1 is 1.44 bits per heavy atom. The van der Waals surface area contributed by atoms with E-state index in [1.54, 1.807) is 6.92 Å². The van der Waals surface area contributed by atoms with E-state index in [4.69, 9.17) is 5.11 Å². The van der Waals surface area contributed by atoms with Crippen LogP contribution in [0.1, 0.15) is 32.6 Å². The van der Waals surface area contributed by atoms with Gasteiger partial charge in [0.25, 0.3) is 0 Å². The average Bonchev–Trinajstić information content (AvgIpc) is 2.27. The summed E-state index contributed by atoms with van der Waals surface area (Å²) in [7, 11) is -2.94. The third-order valence-corrected chi connectivity index (χ3v) is 4.73. The molecule has 1 rings (SSSR count). The van der Waals surface area contributed by atoms with Gasteiger partial charge in [-0.05, 0) is 25.7 Å². The van der Waals surface area contributed by atoms with Crippen LogP contribution in [0.25, 0.3) is 0 Å². The number of carbonyl (C=O) groups is 1. The number of aliphatic carboxylic acids is 1. The summed E-state index contributed by atoms with van der Waals surface area (Å²) in [4.78, 5) is 10.8. The Kier molecular flexibility index (Phi) is 4.73. The number of hydrogen-bond acceptors (Lipinski definition) is 4. The summed E-state index contributed by atoms with van der Waals surface area (Å²) in [5.41, 5.74) is 0. The van der Waals surface area contributed by atoms with Gasteiger partial charge in [-0.3, -0.25) is 4.79 Å². The fourth-order valence-corrected chi connectivity index (χ4v) is 2.84. The first-order valence-corrected chi connectivity index (χ1v) is 7.46. The maximum absolute atomic E-state index is 11.3. The predicted octanol–water partition coefficient (Wildman–Crippen LogP) is 0.407. The monoisotopic (exact) mass is 249 g/mol. The summed E-state index contributed by atoms with van der Waals surface area (Å²) in [6, 6.07) is -0.487. The van der Waals surface area contributed by atoms with Gasteiger partial charge < -0.3 is 10.4 Å². The molecule has 0 aromatic carbocycles. The lowest BCUT2D eigenvalue weighted by molar-refractivity contribution is -0.140. The van der Waals surface area contributed by atoms with Gasteiger partial charge >= 0.3 is 5.97 Å². The maximum Gasteiger partial charge on any atom is 0.320 e. The van der Waals surface area contributed by atoms with Crippen molar-refractivity contribution in [3.8, 4) is 0 Å². The van der Waals surface area contributed by atoms with Crippen molar-refractivity contribution in [1.29, 1.82) is 0 Å². The molecule has 6 heteroatoms. The van der Waals surface area contributed by atoms with Crippen molar-refractivity contribution in [2.45, 2.75) is 44.7 Å². The van der Waals surface area contributed by atoms with Crippen molar-refractivity contribution in [3.05, 3.63) is 0 Å². The third kappa shape index (κ3) is 4.09. The first-order valence-electron chi connectivity index (χ1n) is 5.64. The lowest BCUT2D eigenvalue weighted by Gasteiger charge is -2.28. The van der Waals surface area contributed by atoms with Crippen LogP contribution >= 0.6 is 0 Å². The van der Waals surface area contributed by atoms with E-state index >= 15 is 0 Å². The van der Waals surface area contributed by atoms with Gasteiger partial charge in [-0.2, -0.15) is 0 Å². The molecule has 0 saturated carbocycles. The van der Waals surface area contributed by atoms with Crippen molar-refractivity contribution in [3.63, 3.8) is 0 Å². The summed E-state index contributed by atoms with van der Waals surface area (Å²) in [5.74, 6) is -0.543. The molecule has 16 heavy (non-hydrogen) atoms. The molecule has 2 atom stereocenters. The zero-order valence-corrected chi connectivity index (χ0v) is 10.3. The summed E-state index contributed by atoms with van der Waals surface area (Å²) in [6.45, 7) is 1.63. The second-order valence-electron chi connectivity index (χ2n) is 4.21. The lowest BCUT2D eigenvalue weighted by Crippen LogP contribution is -2.47. The van der Waals surface area contributed by atoms with Gasteiger partial charge in [0.2, 0.25) is 0 Å². The van der Waals surface area contributed by atoms with Gasteiger partial charge in [0, 0.05) is 11.8 Å². The Labute approximate surface area is 96.1 Å². The molecule has 5 nitrogen and oxygen atoms in total. The minimum absolute atomic E-state index is 0.0242. The molecule has 0 radical (unpaired) electrons. The van der Waals surface area contributed by atoms with Crippen LogP contribution in [0.15, 0.2) is 0 Å². The van der Waals surface area contributed by atoms with Gasteiger partial charge in [0.1, 0.15) is 15.9 Å². The van der Waals surface area contributed by atoms with Gasteiger partial charge in [0.15, 0.2) is 0 Å². The molecule has 1 fully saturated rings. The molecule has 1 saturated heterocycles. The molecule has 94 valence electrons. The van der Waals surface area contributed by atoms with Crippen LogP contribution in [0.5, 0.6) is 0 Å². The molecular formula is C10H19NO4S. The highest BCUT2D eigenvalue weighted by Crippen LogP contribution is 2.16. The van der Waals surface area contributed by atoms with Gasteiger partial charge in [0.05, 0.1) is 5.75 Å². The first-order chi connectivity index (χ1) is 7.44. The van der Waals surface area contributed by atoms with Gasteiger partial charge in [-0.15, -0.1) is 0 Å². The number of rotatable bonds is 5. The van der Waals surface area contributed by atoms with E-state index in [1.165, 1.54) is 0 Å². The van der Waals surface area contributed by atoms with Crippen LogP contribution < -0.4 is 5.32 Å². The van der Waals surface area contributed by atoms with Crippen LogP contribution in [0.4, 0.5) is 0 Å². The Morgan fingerprint density at radius 3 is 2.69 bits per heavy atom. The lowest BCUT2D eigenvalue weighted by atomic mass is 9.97. The van der Waals surface area contributed by atoms with Gasteiger partial charge in [-0.1, -0.05) is 6.92 Å². The van der Waals surface area contributed by atoms with Crippen LogP contribution in [0, 0.1) is 0 Å². The molecular weight excluding hydrogens is 230 g/mol. The molecule has 1 aliphatic heterocycles. The van der Waals surface area contributed by atoms with E-state index in [-0.39, 0.29) is 17.5 Å². The minimum Gasteiger partial charge on any atom is -0.480 e. The number of hydrogen-bond donors (Lipinski definition) is 2. The summed E-state index contributed by atoms with van der Waals surface area (Å²) >= 11 is 0. The Morgan fingerprint density at radius 2 is 2.12 bits per heavy atom. The van der Waals surface area contributed by atoms with E-state index in [0.29, 0.717) is 12.8 Å². The fourth-order valence-electron chi connectivity index (χ4n) is 1.91. The van der Waals surface area contributed by atoms with E-state index in [1.807, 2.05) is 0 Å². The second-order valence-corrected chi connectivity index (χ2v) is 6.68. The first kappa shape index (κ1) is 13.4. The summed E-state index contributed by atoms with van der Waals surface area (Å²) in [5, 5.41) is 11.8. The van der Waals surface area contributed by atoms with Crippen molar-refractivity contribution < 1.29 is 18.3 Å². The molecule has 1 heterocycles. The molecule has 0 spiro atoms. The summed E-state index contributed by atoms with van der Waals surface area (Å²) in [6.07, 6.45) is 2.86. The summed E-state index contributed by atoms with van der Waals surface area (Å²) < 4.78 is 22.6. The van der Waals surface area contributed by atoms with Crippen LogP contribution in [-0.4, -0.2) is 43.1 Å². The van der Waals surface area contributed by atoms with Crippen LogP contribution in [0.3, 0.4) is 0 Å². The van der Waals surface area contributed by atoms with E-state index < -0.39 is 21.8 Å². The van der Waals surface area contributed by atoms with Crippen molar-refractivity contribution in [2.75, 3.05) is 11.5 Å². The van der Waals surface area contributed by atoms with Gasteiger partial charge in [-0.25, -0.2) is 8.42 Å². The number of nitrogens with one attached hydrogen (secondary N) is 1. The second kappa shape index (κ2) is 5.63. The largest absolute Gasteiger partial charge is 0.480 e. The number of carboxylic acid groups (broad SMARTS) is 1. The standard InChI is InChI=1S/C10H19NO4S/c1-2-16(14,15)7-6-8-4-3-5-9(11-8)10(12)13/h8-9,11H,2-7H2,1H3,(H,12,13). The Hall–Kier alpha value is -0.620. The smallest absolute Gasteiger partial charge is 0.320 e. The average molecular weight is 249 g/mol. The highest BCUT2D eigenvalue weighted by Gasteiger charge is 2.26. The van der Waals surface area contributed by atoms with E-state index in [2.05, 4.69) is 5.32 Å². The Balaban J connectivity index is 2.41. The minimum atomic E-state index is -2.94. The van der Waals surface area contributed by atoms with Crippen LogP contribution in [-0.2, 0) is 14.6 Å². The molecule has 1 aliphatic rings. The van der Waals surface area contributed by atoms with Crippen LogP contribution in [0.2, 0.25) is 0 Å². The number of sulfone groups is 1. The topological polar surface area (TPSA) is 83.5 Å². The quantitative estimate of drug-likeness (QED) is 0.737. The Bertz CT molecular complexity index is 339. The maximum atomic E-state index is 11.3.